The van der Waals surface area contributed by atoms with Gasteiger partial charge < -0.3 is 19.5 Å². The first-order chi connectivity index (χ1) is 13.5. The SMILES string of the molecule is CC1Cc2ccc(-c3cc(CNC(=O)c4ccc(N(C)C)cc4)no3)cc2O1. The molecule has 2 aromatic carbocycles. The average molecular weight is 377 g/mol. The molecule has 6 heteroatoms. The van der Waals surface area contributed by atoms with E-state index in [1.54, 1.807) is 0 Å². The molecule has 28 heavy (non-hydrogen) atoms. The minimum absolute atomic E-state index is 0.144. The molecule has 1 aromatic heterocycles. The molecule has 0 aliphatic carbocycles. The van der Waals surface area contributed by atoms with Gasteiger partial charge in [-0.25, -0.2) is 0 Å². The maximum Gasteiger partial charge on any atom is 0.251 e. The number of anilines is 1. The minimum Gasteiger partial charge on any atom is -0.490 e. The summed E-state index contributed by atoms with van der Waals surface area (Å²) in [6.45, 7) is 2.36. The smallest absolute Gasteiger partial charge is 0.251 e. The first-order valence-electron chi connectivity index (χ1n) is 9.31. The summed E-state index contributed by atoms with van der Waals surface area (Å²) >= 11 is 0. The summed E-state index contributed by atoms with van der Waals surface area (Å²) < 4.78 is 11.3. The van der Waals surface area contributed by atoms with Crippen LogP contribution in [-0.4, -0.2) is 31.3 Å². The van der Waals surface area contributed by atoms with Crippen molar-refractivity contribution in [1.82, 2.24) is 10.5 Å². The zero-order valence-corrected chi connectivity index (χ0v) is 16.2. The summed E-state index contributed by atoms with van der Waals surface area (Å²) in [5, 5.41) is 6.94. The monoisotopic (exact) mass is 377 g/mol. The van der Waals surface area contributed by atoms with Crippen molar-refractivity contribution < 1.29 is 14.1 Å². The molecule has 0 bridgehead atoms. The normalized spacial score (nSPS) is 15.0. The second-order valence-corrected chi connectivity index (χ2v) is 7.26. The molecule has 1 unspecified atom stereocenters. The second kappa shape index (κ2) is 7.38. The van der Waals surface area contributed by atoms with Gasteiger partial charge in [-0.2, -0.15) is 0 Å². The first-order valence-corrected chi connectivity index (χ1v) is 9.31. The van der Waals surface area contributed by atoms with Gasteiger partial charge in [0.25, 0.3) is 5.91 Å². The molecular weight excluding hydrogens is 354 g/mol. The predicted octanol–water partition coefficient (Wildman–Crippen LogP) is 3.66. The van der Waals surface area contributed by atoms with Crippen molar-refractivity contribution in [2.24, 2.45) is 0 Å². The van der Waals surface area contributed by atoms with E-state index in [9.17, 15) is 4.79 Å². The van der Waals surface area contributed by atoms with Crippen LogP contribution in [0.15, 0.2) is 53.1 Å². The summed E-state index contributed by atoms with van der Waals surface area (Å²) in [4.78, 5) is 14.3. The lowest BCUT2D eigenvalue weighted by Crippen LogP contribution is -2.23. The lowest BCUT2D eigenvalue weighted by molar-refractivity contribution is 0.0950. The molecule has 0 fully saturated rings. The van der Waals surface area contributed by atoms with Crippen LogP contribution < -0.4 is 15.0 Å². The van der Waals surface area contributed by atoms with Crippen molar-refractivity contribution in [2.45, 2.75) is 26.0 Å². The van der Waals surface area contributed by atoms with Crippen LogP contribution in [-0.2, 0) is 13.0 Å². The summed E-state index contributed by atoms with van der Waals surface area (Å²) in [6.07, 6.45) is 1.14. The highest BCUT2D eigenvalue weighted by molar-refractivity contribution is 5.94. The van der Waals surface area contributed by atoms with Gasteiger partial charge in [0.1, 0.15) is 17.5 Å². The molecule has 1 N–H and O–H groups in total. The number of hydrogen-bond acceptors (Lipinski definition) is 5. The number of benzene rings is 2. The minimum atomic E-state index is -0.144. The standard InChI is InChI=1S/C22H23N3O3/c1-14-10-16-4-5-17(11-20(16)27-14)21-12-18(24-28-21)13-23-22(26)15-6-8-19(9-7-15)25(2)3/h4-9,11-12,14H,10,13H2,1-3H3,(H,23,26). The van der Waals surface area contributed by atoms with Crippen molar-refractivity contribution in [2.75, 3.05) is 19.0 Å². The molecule has 6 nitrogen and oxygen atoms in total. The van der Waals surface area contributed by atoms with Crippen LogP contribution in [0.4, 0.5) is 5.69 Å². The number of ether oxygens (including phenoxy) is 1. The van der Waals surface area contributed by atoms with Gasteiger partial charge in [0.15, 0.2) is 5.76 Å². The number of aromatic nitrogens is 1. The highest BCUT2D eigenvalue weighted by Crippen LogP contribution is 2.33. The van der Waals surface area contributed by atoms with Gasteiger partial charge in [0.2, 0.25) is 0 Å². The van der Waals surface area contributed by atoms with Crippen molar-refractivity contribution >= 4 is 11.6 Å². The lowest BCUT2D eigenvalue weighted by atomic mass is 10.1. The Morgan fingerprint density at radius 2 is 1.96 bits per heavy atom. The average Bonchev–Trinajstić information content (AvgIpc) is 3.31. The quantitative estimate of drug-likeness (QED) is 0.735. The molecule has 0 spiro atoms. The Bertz CT molecular complexity index is 993. The number of rotatable bonds is 5. The first kappa shape index (κ1) is 18.1. The van der Waals surface area contributed by atoms with Crippen LogP contribution in [0.3, 0.4) is 0 Å². The topological polar surface area (TPSA) is 67.6 Å². The van der Waals surface area contributed by atoms with Gasteiger partial charge >= 0.3 is 0 Å². The van der Waals surface area contributed by atoms with E-state index in [1.807, 2.05) is 61.5 Å². The third-order valence-corrected chi connectivity index (χ3v) is 4.82. The number of fused-ring (bicyclic) bond motifs is 1. The lowest BCUT2D eigenvalue weighted by Gasteiger charge is -2.12. The van der Waals surface area contributed by atoms with Gasteiger partial charge in [0.05, 0.1) is 6.54 Å². The number of amides is 1. The van der Waals surface area contributed by atoms with E-state index in [1.165, 1.54) is 5.56 Å². The Morgan fingerprint density at radius 1 is 1.18 bits per heavy atom. The predicted molar refractivity (Wildman–Crippen MR) is 108 cm³/mol. The maximum absolute atomic E-state index is 12.3. The van der Waals surface area contributed by atoms with E-state index < -0.39 is 0 Å². The van der Waals surface area contributed by atoms with E-state index in [2.05, 4.69) is 23.5 Å². The number of nitrogens with zero attached hydrogens (tertiary/aromatic N) is 2. The number of carbonyl (C=O) groups excluding carboxylic acids is 1. The fraction of sp³-hybridized carbons (Fsp3) is 0.273. The van der Waals surface area contributed by atoms with Gasteiger partial charge in [-0.1, -0.05) is 17.3 Å². The molecule has 0 saturated heterocycles. The molecule has 0 radical (unpaired) electrons. The van der Waals surface area contributed by atoms with Gasteiger partial charge in [-0.15, -0.1) is 0 Å². The Hall–Kier alpha value is -3.28. The Morgan fingerprint density at radius 3 is 2.71 bits per heavy atom. The van der Waals surface area contributed by atoms with Crippen molar-refractivity contribution in [3.05, 3.63) is 65.4 Å². The molecule has 2 heterocycles. The fourth-order valence-corrected chi connectivity index (χ4v) is 3.27. The Kier molecular flexibility index (Phi) is 4.77. The van der Waals surface area contributed by atoms with Crippen molar-refractivity contribution in [1.29, 1.82) is 0 Å². The van der Waals surface area contributed by atoms with Gasteiger partial charge in [-0.3, -0.25) is 4.79 Å². The van der Waals surface area contributed by atoms with Gasteiger partial charge in [0, 0.05) is 43.4 Å². The van der Waals surface area contributed by atoms with E-state index in [0.29, 0.717) is 23.6 Å². The number of carbonyl (C=O) groups is 1. The fourth-order valence-electron chi connectivity index (χ4n) is 3.27. The Labute approximate surface area is 164 Å². The molecule has 1 amide bonds. The summed E-state index contributed by atoms with van der Waals surface area (Å²) in [7, 11) is 3.93. The van der Waals surface area contributed by atoms with Crippen LogP contribution >= 0.6 is 0 Å². The second-order valence-electron chi connectivity index (χ2n) is 7.26. The molecule has 3 aromatic rings. The molecular formula is C22H23N3O3. The number of nitrogens with one attached hydrogen (secondary N) is 1. The summed E-state index contributed by atoms with van der Waals surface area (Å²) in [5.74, 6) is 1.41. The maximum atomic E-state index is 12.3. The van der Waals surface area contributed by atoms with Crippen molar-refractivity contribution in [3.63, 3.8) is 0 Å². The van der Waals surface area contributed by atoms with Crippen LogP contribution in [0, 0.1) is 0 Å². The molecule has 0 saturated carbocycles. The summed E-state index contributed by atoms with van der Waals surface area (Å²) in [5.41, 5.74) is 4.45. The molecule has 1 atom stereocenters. The van der Waals surface area contributed by atoms with E-state index in [-0.39, 0.29) is 12.0 Å². The largest absolute Gasteiger partial charge is 0.490 e. The van der Waals surface area contributed by atoms with E-state index in [4.69, 9.17) is 9.26 Å². The van der Waals surface area contributed by atoms with Crippen LogP contribution in [0.2, 0.25) is 0 Å². The van der Waals surface area contributed by atoms with Gasteiger partial charge in [-0.05, 0) is 42.8 Å². The van der Waals surface area contributed by atoms with E-state index >= 15 is 0 Å². The highest BCUT2D eigenvalue weighted by atomic mass is 16.5. The highest BCUT2D eigenvalue weighted by Gasteiger charge is 2.20. The summed E-state index contributed by atoms with van der Waals surface area (Å²) in [6, 6.07) is 15.4. The zero-order valence-electron chi connectivity index (χ0n) is 16.2. The third-order valence-electron chi connectivity index (χ3n) is 4.82. The molecule has 1 aliphatic rings. The van der Waals surface area contributed by atoms with Crippen LogP contribution in [0.5, 0.6) is 5.75 Å². The van der Waals surface area contributed by atoms with Crippen LogP contribution in [0.1, 0.15) is 28.5 Å². The molecule has 4 rings (SSSR count). The third kappa shape index (κ3) is 3.71. The molecule has 144 valence electrons. The number of hydrogen-bond donors (Lipinski definition) is 1. The van der Waals surface area contributed by atoms with Crippen LogP contribution in [0.25, 0.3) is 11.3 Å². The van der Waals surface area contributed by atoms with E-state index in [0.717, 1.165) is 23.4 Å². The zero-order chi connectivity index (χ0) is 19.7. The Balaban J connectivity index is 1.40. The van der Waals surface area contributed by atoms with Crippen molar-refractivity contribution in [3.8, 4) is 17.1 Å². The molecule has 1 aliphatic heterocycles.